The molecule has 2 rings (SSSR count). The largest absolute Gasteiger partial charge is 0.491 e. The first-order chi connectivity index (χ1) is 11.4. The highest BCUT2D eigenvalue weighted by Crippen LogP contribution is 2.23. The average molecular weight is 427 g/mol. The Kier molecular flexibility index (Phi) is 11.6. The molecule has 0 aromatic heterocycles. The SMILES string of the molecule is CCCC(C)(N)C(=O)N1CCN(CCOc2ccccc2Cl)CC1.Cl.Cl. The minimum atomic E-state index is -0.746. The maximum absolute atomic E-state index is 12.5. The Morgan fingerprint density at radius 2 is 1.85 bits per heavy atom. The van der Waals surface area contributed by atoms with E-state index in [1.54, 1.807) is 0 Å². The molecule has 26 heavy (non-hydrogen) atoms. The summed E-state index contributed by atoms with van der Waals surface area (Å²) in [5.74, 6) is 0.780. The van der Waals surface area contributed by atoms with E-state index >= 15 is 0 Å². The number of amides is 1. The number of nitrogens with two attached hydrogens (primary N) is 1. The number of benzene rings is 1. The van der Waals surface area contributed by atoms with Gasteiger partial charge in [-0.2, -0.15) is 0 Å². The Labute approximate surface area is 174 Å². The van der Waals surface area contributed by atoms with Crippen LogP contribution >= 0.6 is 36.4 Å². The van der Waals surface area contributed by atoms with Crippen molar-refractivity contribution in [1.82, 2.24) is 9.80 Å². The summed E-state index contributed by atoms with van der Waals surface area (Å²) in [7, 11) is 0. The molecule has 1 amide bonds. The highest BCUT2D eigenvalue weighted by atomic mass is 35.5. The van der Waals surface area contributed by atoms with E-state index in [9.17, 15) is 4.79 Å². The van der Waals surface area contributed by atoms with Crippen LogP contribution < -0.4 is 10.5 Å². The first-order valence-corrected chi connectivity index (χ1v) is 9.00. The van der Waals surface area contributed by atoms with Crippen LogP contribution in [0, 0.1) is 0 Å². The zero-order valence-corrected chi connectivity index (χ0v) is 17.8. The van der Waals surface area contributed by atoms with Gasteiger partial charge in [0.15, 0.2) is 0 Å². The van der Waals surface area contributed by atoms with Gasteiger partial charge in [0, 0.05) is 32.7 Å². The fourth-order valence-corrected chi connectivity index (χ4v) is 3.20. The molecule has 1 aliphatic heterocycles. The van der Waals surface area contributed by atoms with Gasteiger partial charge in [-0.1, -0.05) is 37.1 Å². The van der Waals surface area contributed by atoms with E-state index in [4.69, 9.17) is 22.1 Å². The zero-order valence-electron chi connectivity index (χ0n) is 15.4. The second-order valence-electron chi connectivity index (χ2n) is 6.58. The number of carbonyl (C=O) groups excluding carboxylic acids is 1. The third-order valence-electron chi connectivity index (χ3n) is 4.42. The van der Waals surface area contributed by atoms with E-state index in [1.807, 2.05) is 36.1 Å². The number of nitrogens with zero attached hydrogens (tertiary/aromatic N) is 2. The zero-order chi connectivity index (χ0) is 17.6. The number of rotatable bonds is 7. The molecule has 1 aliphatic rings. The van der Waals surface area contributed by atoms with E-state index in [2.05, 4.69) is 11.8 Å². The van der Waals surface area contributed by atoms with E-state index < -0.39 is 5.54 Å². The van der Waals surface area contributed by atoms with Crippen molar-refractivity contribution in [1.29, 1.82) is 0 Å². The fourth-order valence-electron chi connectivity index (χ4n) is 3.01. The third-order valence-corrected chi connectivity index (χ3v) is 4.73. The molecule has 0 radical (unpaired) electrons. The molecule has 0 bridgehead atoms. The monoisotopic (exact) mass is 425 g/mol. The maximum Gasteiger partial charge on any atom is 0.242 e. The third kappa shape index (κ3) is 7.12. The molecule has 0 spiro atoms. The Bertz CT molecular complexity index is 550. The Balaban J connectivity index is 0.00000312. The van der Waals surface area contributed by atoms with Crippen LogP contribution in [0.4, 0.5) is 0 Å². The number of hydrogen-bond acceptors (Lipinski definition) is 4. The van der Waals surface area contributed by atoms with E-state index in [-0.39, 0.29) is 30.7 Å². The van der Waals surface area contributed by atoms with Crippen LogP contribution in [-0.4, -0.2) is 60.6 Å². The van der Waals surface area contributed by atoms with Crippen molar-refractivity contribution >= 4 is 42.3 Å². The molecule has 1 aromatic rings. The summed E-state index contributed by atoms with van der Waals surface area (Å²) in [5, 5.41) is 0.631. The van der Waals surface area contributed by atoms with E-state index in [0.29, 0.717) is 17.4 Å². The van der Waals surface area contributed by atoms with Gasteiger partial charge in [-0.25, -0.2) is 0 Å². The number of halogens is 3. The van der Waals surface area contributed by atoms with Crippen molar-refractivity contribution in [2.75, 3.05) is 39.3 Å². The van der Waals surface area contributed by atoms with Gasteiger partial charge in [-0.15, -0.1) is 24.8 Å². The fraction of sp³-hybridized carbons (Fsp3) is 0.611. The Hall–Kier alpha value is -0.720. The van der Waals surface area contributed by atoms with Crippen LogP contribution in [0.3, 0.4) is 0 Å². The second-order valence-corrected chi connectivity index (χ2v) is 6.99. The lowest BCUT2D eigenvalue weighted by molar-refractivity contribution is -0.138. The van der Waals surface area contributed by atoms with Gasteiger partial charge >= 0.3 is 0 Å². The van der Waals surface area contributed by atoms with Crippen LogP contribution in [0.15, 0.2) is 24.3 Å². The lowest BCUT2D eigenvalue weighted by atomic mass is 9.95. The van der Waals surface area contributed by atoms with Gasteiger partial charge in [0.2, 0.25) is 5.91 Å². The van der Waals surface area contributed by atoms with Crippen LogP contribution in [-0.2, 0) is 4.79 Å². The molecule has 1 fully saturated rings. The smallest absolute Gasteiger partial charge is 0.242 e. The molecule has 8 heteroatoms. The maximum atomic E-state index is 12.5. The number of carbonyl (C=O) groups is 1. The lowest BCUT2D eigenvalue weighted by Crippen LogP contribution is -2.58. The molecule has 1 saturated heterocycles. The average Bonchev–Trinajstić information content (AvgIpc) is 2.56. The lowest BCUT2D eigenvalue weighted by Gasteiger charge is -2.38. The van der Waals surface area contributed by atoms with Gasteiger partial charge in [0.1, 0.15) is 12.4 Å². The standard InChI is InChI=1S/C18H28ClN3O2.2ClH/c1-3-8-18(2,20)17(23)22-11-9-21(10-12-22)13-14-24-16-7-5-4-6-15(16)19;;/h4-7H,3,8-14,20H2,1-2H3;2*1H. The van der Waals surface area contributed by atoms with Crippen molar-refractivity contribution in [2.45, 2.75) is 32.2 Å². The molecule has 0 aliphatic carbocycles. The molecule has 1 aromatic carbocycles. The van der Waals surface area contributed by atoms with Crippen molar-refractivity contribution < 1.29 is 9.53 Å². The van der Waals surface area contributed by atoms with Gasteiger partial charge in [-0.3, -0.25) is 9.69 Å². The first kappa shape index (κ1) is 25.3. The number of para-hydroxylation sites is 1. The summed E-state index contributed by atoms with van der Waals surface area (Å²) >= 11 is 6.07. The van der Waals surface area contributed by atoms with Crippen molar-refractivity contribution in [3.63, 3.8) is 0 Å². The quantitative estimate of drug-likeness (QED) is 0.727. The first-order valence-electron chi connectivity index (χ1n) is 8.62. The van der Waals surface area contributed by atoms with Gasteiger partial charge in [-0.05, 0) is 25.5 Å². The predicted molar refractivity (Wildman–Crippen MR) is 112 cm³/mol. The van der Waals surface area contributed by atoms with Crippen LogP contribution in [0.25, 0.3) is 0 Å². The van der Waals surface area contributed by atoms with Gasteiger partial charge in [0.05, 0.1) is 10.6 Å². The van der Waals surface area contributed by atoms with Gasteiger partial charge < -0.3 is 15.4 Å². The van der Waals surface area contributed by atoms with Crippen molar-refractivity contribution in [3.8, 4) is 5.75 Å². The molecule has 0 saturated carbocycles. The van der Waals surface area contributed by atoms with Crippen molar-refractivity contribution in [2.24, 2.45) is 5.73 Å². The van der Waals surface area contributed by atoms with Crippen LogP contribution in [0.1, 0.15) is 26.7 Å². The summed E-state index contributed by atoms with van der Waals surface area (Å²) in [6.07, 6.45) is 1.63. The predicted octanol–water partition coefficient (Wildman–Crippen LogP) is 3.22. The molecule has 1 heterocycles. The Morgan fingerprint density at radius 1 is 1.23 bits per heavy atom. The molecule has 150 valence electrons. The molecule has 2 N–H and O–H groups in total. The molecular formula is C18H30Cl3N3O2. The number of hydrogen-bond donors (Lipinski definition) is 1. The molecule has 1 atom stereocenters. The highest BCUT2D eigenvalue weighted by Gasteiger charge is 2.33. The summed E-state index contributed by atoms with van der Waals surface area (Å²) in [6, 6.07) is 7.48. The number of ether oxygens (including phenoxy) is 1. The second kappa shape index (κ2) is 11.9. The number of piperazine rings is 1. The van der Waals surface area contributed by atoms with Gasteiger partial charge in [0.25, 0.3) is 0 Å². The highest BCUT2D eigenvalue weighted by molar-refractivity contribution is 6.32. The minimum absolute atomic E-state index is 0. The van der Waals surface area contributed by atoms with E-state index in [0.717, 1.165) is 45.6 Å². The Morgan fingerprint density at radius 3 is 2.42 bits per heavy atom. The normalized spacial score (nSPS) is 16.8. The summed E-state index contributed by atoms with van der Waals surface area (Å²) in [4.78, 5) is 16.7. The molecular weight excluding hydrogens is 397 g/mol. The summed E-state index contributed by atoms with van der Waals surface area (Å²) in [6.45, 7) is 8.44. The van der Waals surface area contributed by atoms with Crippen LogP contribution in [0.5, 0.6) is 5.75 Å². The molecule has 5 nitrogen and oxygen atoms in total. The topological polar surface area (TPSA) is 58.8 Å². The minimum Gasteiger partial charge on any atom is -0.491 e. The van der Waals surface area contributed by atoms with Crippen molar-refractivity contribution in [3.05, 3.63) is 29.3 Å². The summed E-state index contributed by atoms with van der Waals surface area (Å²) in [5.41, 5.74) is 5.41. The van der Waals surface area contributed by atoms with Crippen LogP contribution in [0.2, 0.25) is 5.02 Å². The van der Waals surface area contributed by atoms with E-state index in [1.165, 1.54) is 0 Å². The molecule has 1 unspecified atom stereocenters. The summed E-state index contributed by atoms with van der Waals surface area (Å²) < 4.78 is 5.73.